The molecule has 142 valence electrons. The van der Waals surface area contributed by atoms with Crippen LogP contribution in [0.25, 0.3) is 0 Å². The number of carbonyl (C=O) groups is 1. The number of sulfonamides is 1. The van der Waals surface area contributed by atoms with Crippen LogP contribution in [-0.2, 0) is 14.8 Å². The summed E-state index contributed by atoms with van der Waals surface area (Å²) in [4.78, 5) is 20.3. The first-order valence-corrected chi connectivity index (χ1v) is 10.4. The Balaban J connectivity index is 1.67. The average molecular weight is 406 g/mol. The molecule has 0 spiro atoms. The summed E-state index contributed by atoms with van der Waals surface area (Å²) in [5, 5.41) is 6.39. The number of nitrogens with zero attached hydrogens (tertiary/aromatic N) is 2. The first-order chi connectivity index (χ1) is 12.7. The number of hydrogen-bond donors (Lipinski definition) is 3. The molecule has 3 rings (SSSR count). The maximum absolute atomic E-state index is 12.5. The Morgan fingerprint density at radius 2 is 1.89 bits per heavy atom. The zero-order valence-corrected chi connectivity index (χ0v) is 16.6. The van der Waals surface area contributed by atoms with Crippen LogP contribution in [0, 0.1) is 6.92 Å². The van der Waals surface area contributed by atoms with Crippen molar-refractivity contribution in [2.24, 2.45) is 0 Å². The zero-order chi connectivity index (χ0) is 19.6. The van der Waals surface area contributed by atoms with Crippen molar-refractivity contribution in [2.75, 3.05) is 10.0 Å². The summed E-state index contributed by atoms with van der Waals surface area (Å²) in [6.07, 6.45) is 1.49. The van der Waals surface area contributed by atoms with Gasteiger partial charge in [0.15, 0.2) is 5.78 Å². The fourth-order valence-electron chi connectivity index (χ4n) is 2.47. The highest BCUT2D eigenvalue weighted by Crippen LogP contribution is 2.31. The molecule has 0 aliphatic carbocycles. The van der Waals surface area contributed by atoms with Crippen LogP contribution in [0.1, 0.15) is 19.5 Å². The molecule has 1 aromatic heterocycles. The molecule has 2 heterocycles. The van der Waals surface area contributed by atoms with E-state index in [1.807, 2.05) is 6.92 Å². The average Bonchev–Trinajstić information content (AvgIpc) is 2.95. The molecule has 0 radical (unpaired) electrons. The predicted molar refractivity (Wildman–Crippen MR) is 106 cm³/mol. The van der Waals surface area contributed by atoms with Gasteiger partial charge in [-0.3, -0.25) is 4.79 Å². The third-order valence-electron chi connectivity index (χ3n) is 3.73. The van der Waals surface area contributed by atoms with Gasteiger partial charge in [-0.15, -0.1) is 0 Å². The molecule has 27 heavy (non-hydrogen) atoms. The summed E-state index contributed by atoms with van der Waals surface area (Å²) in [6, 6.07) is 7.99. The topological polar surface area (TPSA) is 113 Å². The minimum Gasteiger partial charge on any atom is -0.359 e. The Morgan fingerprint density at radius 3 is 2.48 bits per heavy atom. The molecule has 0 bridgehead atoms. The minimum absolute atomic E-state index is 0.0141. The molecule has 2 aromatic rings. The largest absolute Gasteiger partial charge is 0.359 e. The number of anilines is 2. The highest BCUT2D eigenvalue weighted by molar-refractivity contribution is 8.04. The summed E-state index contributed by atoms with van der Waals surface area (Å²) in [6.45, 7) is 5.13. The van der Waals surface area contributed by atoms with E-state index in [2.05, 4.69) is 25.3 Å². The normalized spacial score (nSPS) is 16.8. The van der Waals surface area contributed by atoms with Crippen LogP contribution in [0.5, 0.6) is 0 Å². The first kappa shape index (κ1) is 19.2. The van der Waals surface area contributed by atoms with Crippen LogP contribution in [0.2, 0.25) is 0 Å². The van der Waals surface area contributed by atoms with Gasteiger partial charge in [0.1, 0.15) is 5.50 Å². The lowest BCUT2D eigenvalue weighted by atomic mass is 10.3. The van der Waals surface area contributed by atoms with E-state index in [9.17, 15) is 13.2 Å². The number of allylic oxidation sites excluding steroid dienone is 2. The molecule has 1 unspecified atom stereocenters. The van der Waals surface area contributed by atoms with E-state index in [0.717, 1.165) is 11.4 Å². The molecule has 1 atom stereocenters. The fraction of sp³-hybridized carbons (Fsp3) is 0.235. The number of ketones is 1. The SMILES string of the molecule is CC(=O)C1=C(C)NC(Nc2ccc(S(=O)(=O)Nc3nccc(C)n3)cc2)S1. The van der Waals surface area contributed by atoms with E-state index >= 15 is 0 Å². The number of aryl methyl sites for hydroxylation is 1. The first-order valence-electron chi connectivity index (χ1n) is 8.09. The second-order valence-electron chi connectivity index (χ2n) is 5.95. The maximum Gasteiger partial charge on any atom is 0.264 e. The van der Waals surface area contributed by atoms with Crippen LogP contribution in [-0.4, -0.2) is 29.7 Å². The number of carbonyl (C=O) groups excluding carboxylic acids is 1. The second-order valence-corrected chi connectivity index (χ2v) is 8.75. The number of hydrogen-bond acceptors (Lipinski definition) is 8. The number of aromatic nitrogens is 2. The van der Waals surface area contributed by atoms with E-state index in [-0.39, 0.29) is 22.1 Å². The molecule has 10 heteroatoms. The summed E-state index contributed by atoms with van der Waals surface area (Å²) < 4.78 is 27.3. The van der Waals surface area contributed by atoms with Crippen molar-refractivity contribution in [1.82, 2.24) is 15.3 Å². The van der Waals surface area contributed by atoms with E-state index < -0.39 is 10.0 Å². The van der Waals surface area contributed by atoms with Gasteiger partial charge < -0.3 is 10.6 Å². The molecule has 0 fully saturated rings. The lowest BCUT2D eigenvalue weighted by Gasteiger charge is -2.15. The number of rotatable bonds is 6. The Bertz CT molecular complexity index is 1000. The Kier molecular flexibility index (Phi) is 5.38. The lowest BCUT2D eigenvalue weighted by molar-refractivity contribution is -0.113. The number of benzene rings is 1. The minimum atomic E-state index is -3.78. The monoisotopic (exact) mass is 405 g/mol. The molecular formula is C17H19N5O3S2. The Labute approximate surface area is 161 Å². The number of Topliss-reactive ketones (excluding diaryl/α,β-unsaturated/α-hetero) is 1. The third kappa shape index (κ3) is 4.58. The van der Waals surface area contributed by atoms with Crippen molar-refractivity contribution >= 4 is 39.2 Å². The van der Waals surface area contributed by atoms with Gasteiger partial charge in [0.25, 0.3) is 10.0 Å². The summed E-state index contributed by atoms with van der Waals surface area (Å²) in [5.74, 6) is 0.0438. The van der Waals surface area contributed by atoms with Gasteiger partial charge in [-0.2, -0.15) is 0 Å². The second kappa shape index (κ2) is 7.57. The van der Waals surface area contributed by atoms with Crippen molar-refractivity contribution in [2.45, 2.75) is 31.2 Å². The summed E-state index contributed by atoms with van der Waals surface area (Å²) in [5.41, 5.74) is 2.03. The highest BCUT2D eigenvalue weighted by Gasteiger charge is 2.24. The van der Waals surface area contributed by atoms with Crippen LogP contribution in [0.3, 0.4) is 0 Å². The number of thioether (sulfide) groups is 1. The van der Waals surface area contributed by atoms with Crippen LogP contribution >= 0.6 is 11.8 Å². The third-order valence-corrected chi connectivity index (χ3v) is 6.37. The van der Waals surface area contributed by atoms with Gasteiger partial charge in [0.05, 0.1) is 9.80 Å². The van der Waals surface area contributed by atoms with Crippen molar-refractivity contribution < 1.29 is 13.2 Å². The van der Waals surface area contributed by atoms with Crippen LogP contribution in [0.15, 0.2) is 52.0 Å². The van der Waals surface area contributed by atoms with E-state index in [1.165, 1.54) is 37.0 Å². The molecule has 1 aliphatic heterocycles. The number of nitrogens with one attached hydrogen (secondary N) is 3. The smallest absolute Gasteiger partial charge is 0.264 e. The van der Waals surface area contributed by atoms with Crippen LogP contribution in [0.4, 0.5) is 11.6 Å². The molecule has 1 aliphatic rings. The zero-order valence-electron chi connectivity index (χ0n) is 15.0. The molecule has 3 N–H and O–H groups in total. The molecule has 0 saturated heterocycles. The van der Waals surface area contributed by atoms with E-state index in [0.29, 0.717) is 10.6 Å². The van der Waals surface area contributed by atoms with Gasteiger partial charge in [-0.25, -0.2) is 23.1 Å². The lowest BCUT2D eigenvalue weighted by Crippen LogP contribution is -2.27. The van der Waals surface area contributed by atoms with Crippen molar-refractivity contribution in [1.29, 1.82) is 0 Å². The molecular weight excluding hydrogens is 386 g/mol. The van der Waals surface area contributed by atoms with Crippen molar-refractivity contribution in [3.05, 3.63) is 52.8 Å². The standard InChI is InChI=1S/C17H19N5O3S2/c1-10-8-9-18-16(19-10)22-27(24,25)14-6-4-13(5-7-14)21-17-20-11(2)15(26-17)12(3)23/h4-9,17,20-21H,1-3H3,(H,18,19,22). The van der Waals surface area contributed by atoms with Gasteiger partial charge in [-0.05, 0) is 51.1 Å². The predicted octanol–water partition coefficient (Wildman–Crippen LogP) is 2.44. The highest BCUT2D eigenvalue weighted by atomic mass is 32.2. The maximum atomic E-state index is 12.5. The van der Waals surface area contributed by atoms with Crippen molar-refractivity contribution in [3.8, 4) is 0 Å². The van der Waals surface area contributed by atoms with Gasteiger partial charge in [0.2, 0.25) is 5.95 Å². The van der Waals surface area contributed by atoms with Gasteiger partial charge in [0, 0.05) is 23.3 Å². The molecule has 1 aromatic carbocycles. The Hall–Kier alpha value is -2.59. The van der Waals surface area contributed by atoms with Crippen LogP contribution < -0.4 is 15.4 Å². The van der Waals surface area contributed by atoms with Crippen molar-refractivity contribution in [3.63, 3.8) is 0 Å². The quantitative estimate of drug-likeness (QED) is 0.672. The molecule has 0 amide bonds. The van der Waals surface area contributed by atoms with E-state index in [4.69, 9.17) is 0 Å². The fourth-order valence-corrected chi connectivity index (χ4v) is 4.49. The van der Waals surface area contributed by atoms with E-state index in [1.54, 1.807) is 25.1 Å². The summed E-state index contributed by atoms with van der Waals surface area (Å²) >= 11 is 1.40. The Morgan fingerprint density at radius 1 is 1.19 bits per heavy atom. The summed E-state index contributed by atoms with van der Waals surface area (Å²) in [7, 11) is -3.78. The van der Waals surface area contributed by atoms with Gasteiger partial charge >= 0.3 is 0 Å². The van der Waals surface area contributed by atoms with Gasteiger partial charge in [-0.1, -0.05) is 11.8 Å². The molecule has 0 saturated carbocycles. The molecule has 8 nitrogen and oxygen atoms in total.